The van der Waals surface area contributed by atoms with E-state index in [2.05, 4.69) is 31.0 Å². The minimum absolute atomic E-state index is 0.0963. The largest absolute Gasteiger partial charge is 0.486 e. The normalized spacial score (nSPS) is 12.8. The first kappa shape index (κ1) is 20.5. The van der Waals surface area contributed by atoms with Gasteiger partial charge in [-0.15, -0.1) is 0 Å². The molecular formula is C24H24N4O3S. The first-order valence-corrected chi connectivity index (χ1v) is 11.5. The van der Waals surface area contributed by atoms with Crippen molar-refractivity contribution in [1.82, 2.24) is 14.5 Å². The number of thiazole rings is 1. The third-order valence-electron chi connectivity index (χ3n) is 5.43. The number of benzene rings is 2. The molecule has 32 heavy (non-hydrogen) atoms. The van der Waals surface area contributed by atoms with Crippen LogP contribution in [0.2, 0.25) is 0 Å². The van der Waals surface area contributed by atoms with Gasteiger partial charge in [-0.05, 0) is 55.7 Å². The molecule has 0 aliphatic carbocycles. The van der Waals surface area contributed by atoms with Gasteiger partial charge in [-0.25, -0.2) is 9.97 Å². The van der Waals surface area contributed by atoms with Crippen LogP contribution in [0.4, 0.5) is 5.13 Å². The molecule has 0 saturated carbocycles. The molecule has 8 heteroatoms. The molecular weight excluding hydrogens is 424 g/mol. The minimum atomic E-state index is -0.0963. The Bertz CT molecular complexity index is 1270. The van der Waals surface area contributed by atoms with Crippen molar-refractivity contribution in [2.75, 3.05) is 24.7 Å². The standard InChI is InChI=1S/C24H24N4O3S/c1-16-12-17(2)22-19(13-16)26-24(32-22)28(8-3-7-27-9-6-25-15-27)23(29)18-4-5-20-21(14-18)31-11-10-30-20/h4-6,9,12-15H,3,7-8,10-11H2,1-2H3. The molecule has 0 N–H and O–H groups in total. The number of carbonyl (C=O) groups is 1. The highest BCUT2D eigenvalue weighted by Gasteiger charge is 2.23. The summed E-state index contributed by atoms with van der Waals surface area (Å²) in [5.74, 6) is 1.18. The second kappa shape index (κ2) is 8.63. The van der Waals surface area contributed by atoms with Crippen LogP contribution < -0.4 is 14.4 Å². The molecule has 2 aromatic heterocycles. The SMILES string of the molecule is Cc1cc(C)c2sc(N(CCCn3ccnc3)C(=O)c3ccc4c(c3)OCCO4)nc2c1. The molecule has 0 spiro atoms. The van der Waals surface area contributed by atoms with Gasteiger partial charge in [-0.1, -0.05) is 17.4 Å². The highest BCUT2D eigenvalue weighted by molar-refractivity contribution is 7.22. The Morgan fingerprint density at radius 3 is 2.81 bits per heavy atom. The highest BCUT2D eigenvalue weighted by atomic mass is 32.1. The maximum Gasteiger partial charge on any atom is 0.260 e. The lowest BCUT2D eigenvalue weighted by atomic mass is 10.1. The van der Waals surface area contributed by atoms with Gasteiger partial charge in [0, 0.05) is 31.0 Å². The second-order valence-corrected chi connectivity index (χ2v) is 8.87. The van der Waals surface area contributed by atoms with Crippen molar-refractivity contribution >= 4 is 32.6 Å². The number of anilines is 1. The number of amides is 1. The first-order valence-electron chi connectivity index (χ1n) is 10.6. The molecule has 0 atom stereocenters. The molecule has 0 bridgehead atoms. The van der Waals surface area contributed by atoms with E-state index in [-0.39, 0.29) is 5.91 Å². The summed E-state index contributed by atoms with van der Waals surface area (Å²) in [5.41, 5.74) is 3.83. The van der Waals surface area contributed by atoms with Crippen LogP contribution in [-0.4, -0.2) is 40.2 Å². The minimum Gasteiger partial charge on any atom is -0.486 e. The zero-order chi connectivity index (χ0) is 22.1. The van der Waals surface area contributed by atoms with E-state index in [1.807, 2.05) is 10.8 Å². The summed E-state index contributed by atoms with van der Waals surface area (Å²) in [6, 6.07) is 9.58. The van der Waals surface area contributed by atoms with Crippen LogP contribution in [0.5, 0.6) is 11.5 Å². The van der Waals surface area contributed by atoms with Crippen LogP contribution in [-0.2, 0) is 6.54 Å². The number of carbonyl (C=O) groups excluding carboxylic acids is 1. The number of imidazole rings is 1. The van der Waals surface area contributed by atoms with Crippen molar-refractivity contribution < 1.29 is 14.3 Å². The molecule has 164 valence electrons. The Balaban J connectivity index is 1.47. The number of rotatable bonds is 6. The summed E-state index contributed by atoms with van der Waals surface area (Å²) in [6.07, 6.45) is 6.25. The van der Waals surface area contributed by atoms with Crippen LogP contribution in [0.25, 0.3) is 10.2 Å². The van der Waals surface area contributed by atoms with Gasteiger partial charge in [-0.2, -0.15) is 0 Å². The number of nitrogens with zero attached hydrogens (tertiary/aromatic N) is 4. The Morgan fingerprint density at radius 1 is 1.16 bits per heavy atom. The molecule has 0 unspecified atom stereocenters. The number of aryl methyl sites for hydroxylation is 3. The summed E-state index contributed by atoms with van der Waals surface area (Å²) in [4.78, 5) is 24.3. The topological polar surface area (TPSA) is 69.5 Å². The molecule has 2 aromatic carbocycles. The average molecular weight is 449 g/mol. The molecule has 0 saturated heterocycles. The van der Waals surface area contributed by atoms with Gasteiger partial charge in [0.1, 0.15) is 13.2 Å². The lowest BCUT2D eigenvalue weighted by Crippen LogP contribution is -2.32. The van der Waals surface area contributed by atoms with Crippen LogP contribution >= 0.6 is 11.3 Å². The van der Waals surface area contributed by atoms with Gasteiger partial charge in [0.15, 0.2) is 16.6 Å². The van der Waals surface area contributed by atoms with Crippen molar-refractivity contribution in [2.45, 2.75) is 26.8 Å². The zero-order valence-electron chi connectivity index (χ0n) is 18.1. The van der Waals surface area contributed by atoms with Crippen LogP contribution in [0.15, 0.2) is 49.1 Å². The monoisotopic (exact) mass is 448 g/mol. The first-order chi connectivity index (χ1) is 15.6. The number of hydrogen-bond acceptors (Lipinski definition) is 6. The van der Waals surface area contributed by atoms with Crippen LogP contribution in [0.3, 0.4) is 0 Å². The molecule has 0 radical (unpaired) electrons. The van der Waals surface area contributed by atoms with Gasteiger partial charge in [0.25, 0.3) is 5.91 Å². The van der Waals surface area contributed by atoms with Crippen molar-refractivity contribution in [3.63, 3.8) is 0 Å². The summed E-state index contributed by atoms with van der Waals surface area (Å²) >= 11 is 1.56. The van der Waals surface area contributed by atoms with E-state index < -0.39 is 0 Å². The van der Waals surface area contributed by atoms with E-state index in [9.17, 15) is 4.79 Å². The van der Waals surface area contributed by atoms with E-state index in [1.165, 1.54) is 5.56 Å². The van der Waals surface area contributed by atoms with Crippen LogP contribution in [0, 0.1) is 13.8 Å². The number of hydrogen-bond donors (Lipinski definition) is 0. The predicted octanol–water partition coefficient (Wildman–Crippen LogP) is 4.62. The fraction of sp³-hybridized carbons (Fsp3) is 0.292. The van der Waals surface area contributed by atoms with Crippen molar-refractivity contribution in [3.05, 3.63) is 65.7 Å². The average Bonchev–Trinajstić information content (AvgIpc) is 3.46. The van der Waals surface area contributed by atoms with Crippen molar-refractivity contribution in [2.24, 2.45) is 0 Å². The fourth-order valence-electron chi connectivity index (χ4n) is 3.93. The highest BCUT2D eigenvalue weighted by Crippen LogP contribution is 2.35. The summed E-state index contributed by atoms with van der Waals surface area (Å²) in [5, 5.41) is 0.708. The molecule has 5 rings (SSSR count). The molecule has 4 aromatic rings. The van der Waals surface area contributed by atoms with Crippen LogP contribution in [0.1, 0.15) is 27.9 Å². The molecule has 3 heterocycles. The maximum absolute atomic E-state index is 13.6. The third kappa shape index (κ3) is 4.05. The number of aromatic nitrogens is 3. The van der Waals surface area contributed by atoms with Gasteiger partial charge in [0.05, 0.1) is 16.5 Å². The van der Waals surface area contributed by atoms with Gasteiger partial charge in [-0.3, -0.25) is 9.69 Å². The fourth-order valence-corrected chi connectivity index (χ4v) is 4.97. The summed E-state index contributed by atoms with van der Waals surface area (Å²) in [7, 11) is 0. The predicted molar refractivity (Wildman–Crippen MR) is 125 cm³/mol. The van der Waals surface area contributed by atoms with E-state index in [1.54, 1.807) is 47.0 Å². The number of ether oxygens (including phenoxy) is 2. The molecule has 1 aliphatic heterocycles. The van der Waals surface area contributed by atoms with E-state index in [4.69, 9.17) is 14.5 Å². The molecule has 1 aliphatic rings. The van der Waals surface area contributed by atoms with E-state index in [0.717, 1.165) is 28.7 Å². The van der Waals surface area contributed by atoms with Gasteiger partial charge in [0.2, 0.25) is 0 Å². The Hall–Kier alpha value is -3.39. The summed E-state index contributed by atoms with van der Waals surface area (Å²) < 4.78 is 14.4. The third-order valence-corrected chi connectivity index (χ3v) is 6.66. The zero-order valence-corrected chi connectivity index (χ0v) is 18.9. The van der Waals surface area contributed by atoms with Crippen molar-refractivity contribution in [3.8, 4) is 11.5 Å². The maximum atomic E-state index is 13.6. The Kier molecular flexibility index (Phi) is 5.53. The summed E-state index contributed by atoms with van der Waals surface area (Å²) in [6.45, 7) is 6.47. The van der Waals surface area contributed by atoms with Crippen molar-refractivity contribution in [1.29, 1.82) is 0 Å². The quantitative estimate of drug-likeness (QED) is 0.431. The van der Waals surface area contributed by atoms with Gasteiger partial charge < -0.3 is 14.0 Å². The second-order valence-electron chi connectivity index (χ2n) is 7.90. The van der Waals surface area contributed by atoms with E-state index in [0.29, 0.717) is 42.0 Å². The Labute approximate surface area is 190 Å². The molecule has 0 fully saturated rings. The lowest BCUT2D eigenvalue weighted by molar-refractivity contribution is 0.0985. The Morgan fingerprint density at radius 2 is 2.00 bits per heavy atom. The number of fused-ring (bicyclic) bond motifs is 2. The lowest BCUT2D eigenvalue weighted by Gasteiger charge is -2.22. The van der Waals surface area contributed by atoms with E-state index >= 15 is 0 Å². The molecule has 1 amide bonds. The smallest absolute Gasteiger partial charge is 0.260 e. The van der Waals surface area contributed by atoms with Gasteiger partial charge >= 0.3 is 0 Å². The molecule has 7 nitrogen and oxygen atoms in total.